The van der Waals surface area contributed by atoms with Crippen molar-refractivity contribution in [3.05, 3.63) is 66.5 Å². The quantitative estimate of drug-likeness (QED) is 0.872. The van der Waals surface area contributed by atoms with Gasteiger partial charge < -0.3 is 14.6 Å². The molecule has 0 atom stereocenters. The zero-order valence-corrected chi connectivity index (χ0v) is 11.5. The number of aromatic nitrogens is 1. The van der Waals surface area contributed by atoms with Crippen LogP contribution in [0.25, 0.3) is 5.69 Å². The highest BCUT2D eigenvalue weighted by Crippen LogP contribution is 2.43. The smallest absolute Gasteiger partial charge is 0.178 e. The number of hydrogen-bond donors (Lipinski definition) is 1. The minimum atomic E-state index is -0.489. The maximum atomic E-state index is 11.5. The van der Waals surface area contributed by atoms with Gasteiger partial charge in [0.2, 0.25) is 0 Å². The predicted molar refractivity (Wildman–Crippen MR) is 80.9 cm³/mol. The van der Waals surface area contributed by atoms with Crippen LogP contribution in [0.15, 0.2) is 60.8 Å². The number of allylic oxidation sites excluding steroid dienone is 2. The third-order valence-corrected chi connectivity index (χ3v) is 3.99. The van der Waals surface area contributed by atoms with Crippen LogP contribution in [0.1, 0.15) is 5.69 Å². The van der Waals surface area contributed by atoms with Crippen LogP contribution in [0.4, 0.5) is 5.69 Å². The highest BCUT2D eigenvalue weighted by Gasteiger charge is 2.37. The van der Waals surface area contributed by atoms with Gasteiger partial charge in [0, 0.05) is 6.20 Å². The SMILES string of the molecule is COc1cccc2c1-n1cccc1C1(C=CC(=O)C=C1)N2. The number of para-hydroxylation sites is 1. The van der Waals surface area contributed by atoms with Gasteiger partial charge in [-0.2, -0.15) is 0 Å². The molecule has 4 heteroatoms. The summed E-state index contributed by atoms with van der Waals surface area (Å²) >= 11 is 0. The molecule has 1 aromatic heterocycles. The lowest BCUT2D eigenvalue weighted by Gasteiger charge is -2.38. The lowest BCUT2D eigenvalue weighted by molar-refractivity contribution is -0.110. The molecular weight excluding hydrogens is 264 g/mol. The number of nitrogens with one attached hydrogen (secondary N) is 1. The second kappa shape index (κ2) is 4.12. The van der Waals surface area contributed by atoms with E-state index < -0.39 is 5.54 Å². The van der Waals surface area contributed by atoms with Gasteiger partial charge in [0.15, 0.2) is 5.78 Å². The van der Waals surface area contributed by atoms with Gasteiger partial charge in [0.1, 0.15) is 17.0 Å². The molecule has 1 aliphatic heterocycles. The van der Waals surface area contributed by atoms with Crippen molar-refractivity contribution in [1.29, 1.82) is 0 Å². The minimum absolute atomic E-state index is 0.0111. The molecule has 1 aromatic carbocycles. The van der Waals surface area contributed by atoms with Gasteiger partial charge in [-0.25, -0.2) is 0 Å². The van der Waals surface area contributed by atoms with Crippen molar-refractivity contribution in [2.45, 2.75) is 5.54 Å². The third-order valence-electron chi connectivity index (χ3n) is 3.99. The second-order valence-electron chi connectivity index (χ2n) is 5.18. The molecule has 0 radical (unpaired) electrons. The van der Waals surface area contributed by atoms with Crippen molar-refractivity contribution in [3.8, 4) is 11.4 Å². The molecule has 2 aliphatic rings. The highest BCUT2D eigenvalue weighted by atomic mass is 16.5. The first-order chi connectivity index (χ1) is 10.2. The molecule has 1 aliphatic carbocycles. The van der Waals surface area contributed by atoms with E-state index in [-0.39, 0.29) is 5.78 Å². The Morgan fingerprint density at radius 1 is 1.14 bits per heavy atom. The Balaban J connectivity index is 1.98. The number of rotatable bonds is 1. The Bertz CT molecular complexity index is 783. The van der Waals surface area contributed by atoms with Gasteiger partial charge in [0.25, 0.3) is 0 Å². The van der Waals surface area contributed by atoms with Crippen molar-refractivity contribution in [3.63, 3.8) is 0 Å². The molecule has 0 amide bonds. The summed E-state index contributed by atoms with van der Waals surface area (Å²) in [4.78, 5) is 11.5. The molecule has 1 N–H and O–H groups in total. The number of carbonyl (C=O) groups is 1. The number of benzene rings is 1. The Hall–Kier alpha value is -2.75. The highest BCUT2D eigenvalue weighted by molar-refractivity contribution is 6.01. The zero-order valence-electron chi connectivity index (χ0n) is 11.5. The van der Waals surface area contributed by atoms with Crippen molar-refractivity contribution < 1.29 is 9.53 Å². The Morgan fingerprint density at radius 3 is 2.71 bits per heavy atom. The molecule has 21 heavy (non-hydrogen) atoms. The van der Waals surface area contributed by atoms with E-state index >= 15 is 0 Å². The number of anilines is 1. The third kappa shape index (κ3) is 1.59. The van der Waals surface area contributed by atoms with Crippen LogP contribution in [0.2, 0.25) is 0 Å². The molecule has 0 saturated carbocycles. The first-order valence-corrected chi connectivity index (χ1v) is 6.79. The molecule has 4 rings (SSSR count). The summed E-state index contributed by atoms with van der Waals surface area (Å²) in [6, 6.07) is 9.96. The first-order valence-electron chi connectivity index (χ1n) is 6.79. The molecule has 1 spiro atoms. The van der Waals surface area contributed by atoms with Crippen LogP contribution in [0, 0.1) is 0 Å². The molecule has 0 bridgehead atoms. The number of nitrogens with zero attached hydrogens (tertiary/aromatic N) is 1. The van der Waals surface area contributed by atoms with Gasteiger partial charge in [-0.1, -0.05) is 6.07 Å². The number of methoxy groups -OCH3 is 1. The summed E-state index contributed by atoms with van der Waals surface area (Å²) in [5.74, 6) is 0.823. The Kier molecular flexibility index (Phi) is 2.36. The monoisotopic (exact) mass is 278 g/mol. The standard InChI is InChI=1S/C17H14N2O2/c1-21-14-5-2-4-13-16(14)19-11-3-6-15(19)17(18-13)9-7-12(20)8-10-17/h2-11,18H,1H3. The number of carbonyl (C=O) groups excluding carboxylic acids is 1. The maximum Gasteiger partial charge on any atom is 0.178 e. The molecule has 2 aromatic rings. The fraction of sp³-hybridized carbons (Fsp3) is 0.118. The van der Waals surface area contributed by atoms with Crippen molar-refractivity contribution >= 4 is 11.5 Å². The fourth-order valence-corrected chi connectivity index (χ4v) is 3.03. The number of hydrogen-bond acceptors (Lipinski definition) is 3. The van der Waals surface area contributed by atoms with E-state index in [1.807, 2.05) is 48.7 Å². The van der Waals surface area contributed by atoms with E-state index in [1.54, 1.807) is 19.3 Å². The molecule has 0 unspecified atom stereocenters. The molecule has 0 fully saturated rings. The summed E-state index contributed by atoms with van der Waals surface area (Å²) in [5.41, 5.74) is 2.53. The average molecular weight is 278 g/mol. The summed E-state index contributed by atoms with van der Waals surface area (Å²) in [7, 11) is 1.67. The van der Waals surface area contributed by atoms with Crippen LogP contribution in [0.3, 0.4) is 0 Å². The van der Waals surface area contributed by atoms with Crippen LogP contribution in [-0.2, 0) is 10.3 Å². The Morgan fingerprint density at radius 2 is 1.95 bits per heavy atom. The van der Waals surface area contributed by atoms with E-state index in [0.717, 1.165) is 22.8 Å². The van der Waals surface area contributed by atoms with Gasteiger partial charge >= 0.3 is 0 Å². The maximum absolute atomic E-state index is 11.5. The van der Waals surface area contributed by atoms with Crippen LogP contribution in [0.5, 0.6) is 5.75 Å². The molecular formula is C17H14N2O2. The van der Waals surface area contributed by atoms with Crippen LogP contribution < -0.4 is 10.1 Å². The van der Waals surface area contributed by atoms with Crippen molar-refractivity contribution in [2.75, 3.05) is 12.4 Å². The van der Waals surface area contributed by atoms with E-state index in [2.05, 4.69) is 9.88 Å². The first kappa shape index (κ1) is 12.0. The number of ether oxygens (including phenoxy) is 1. The normalized spacial score (nSPS) is 17.3. The molecule has 4 nitrogen and oxygen atoms in total. The van der Waals surface area contributed by atoms with Crippen molar-refractivity contribution in [2.24, 2.45) is 0 Å². The lowest BCUT2D eigenvalue weighted by Crippen LogP contribution is -2.38. The van der Waals surface area contributed by atoms with Gasteiger partial charge in [0.05, 0.1) is 18.5 Å². The summed E-state index contributed by atoms with van der Waals surface area (Å²) in [6.07, 6.45) is 9.04. The van der Waals surface area contributed by atoms with Crippen molar-refractivity contribution in [1.82, 2.24) is 4.57 Å². The van der Waals surface area contributed by atoms with Crippen LogP contribution >= 0.6 is 0 Å². The van der Waals surface area contributed by atoms with E-state index in [4.69, 9.17) is 4.74 Å². The lowest BCUT2D eigenvalue weighted by atomic mass is 9.87. The summed E-state index contributed by atoms with van der Waals surface area (Å²) < 4.78 is 7.59. The summed E-state index contributed by atoms with van der Waals surface area (Å²) in [6.45, 7) is 0. The predicted octanol–water partition coefficient (Wildman–Crippen LogP) is 2.80. The zero-order chi connectivity index (χ0) is 14.4. The second-order valence-corrected chi connectivity index (χ2v) is 5.18. The van der Waals surface area contributed by atoms with E-state index in [0.29, 0.717) is 0 Å². The average Bonchev–Trinajstić information content (AvgIpc) is 3.00. The number of fused-ring (bicyclic) bond motifs is 4. The minimum Gasteiger partial charge on any atom is -0.494 e. The van der Waals surface area contributed by atoms with Gasteiger partial charge in [-0.15, -0.1) is 0 Å². The molecule has 0 saturated heterocycles. The summed E-state index contributed by atoms with van der Waals surface area (Å²) in [5, 5.41) is 3.52. The topological polar surface area (TPSA) is 43.3 Å². The van der Waals surface area contributed by atoms with E-state index in [9.17, 15) is 4.79 Å². The molecule has 2 heterocycles. The van der Waals surface area contributed by atoms with Crippen LogP contribution in [-0.4, -0.2) is 17.5 Å². The van der Waals surface area contributed by atoms with Gasteiger partial charge in [-0.05, 0) is 48.6 Å². The largest absolute Gasteiger partial charge is 0.494 e. The Labute approximate surface area is 122 Å². The fourth-order valence-electron chi connectivity index (χ4n) is 3.03. The number of ketones is 1. The van der Waals surface area contributed by atoms with E-state index in [1.165, 1.54) is 0 Å². The van der Waals surface area contributed by atoms with Gasteiger partial charge in [-0.3, -0.25) is 4.79 Å². The molecule has 104 valence electrons.